The maximum atomic E-state index is 3.78. The largest absolute Gasteiger partial charge is 0.140 e. The molecular weight excluding hydrogens is 504 g/mol. The quantitative estimate of drug-likeness (QED) is 0.243. The summed E-state index contributed by atoms with van der Waals surface area (Å²) in [7, 11) is 0. The Labute approximate surface area is 152 Å². The van der Waals surface area contributed by atoms with Crippen molar-refractivity contribution in [1.82, 2.24) is 0 Å². The van der Waals surface area contributed by atoms with Crippen molar-refractivity contribution in [2.24, 2.45) is 0 Å². The Hall–Kier alpha value is 0.280. The van der Waals surface area contributed by atoms with Crippen molar-refractivity contribution in [2.75, 3.05) is 0 Å². The second-order valence-corrected chi connectivity index (χ2v) is 9.62. The summed E-state index contributed by atoms with van der Waals surface area (Å²) in [6, 6.07) is 8.52. The van der Waals surface area contributed by atoms with E-state index < -0.39 is 0 Å². The monoisotopic (exact) mass is 506 g/mol. The summed E-state index contributed by atoms with van der Waals surface area (Å²) in [6.45, 7) is 0. The van der Waals surface area contributed by atoms with Crippen molar-refractivity contribution in [3.8, 4) is 9.75 Å². The molecule has 0 radical (unpaired) electrons. The predicted octanol–water partition coefficient (Wildman–Crippen LogP) is 8.13. The molecule has 0 fully saturated rings. The van der Waals surface area contributed by atoms with Gasteiger partial charge in [-0.25, -0.2) is 0 Å². The molecule has 0 aliphatic carbocycles. The maximum absolute atomic E-state index is 3.78. The Balaban J connectivity index is 2.05. The minimum Gasteiger partial charge on any atom is -0.140 e. The first-order chi connectivity index (χ1) is 9.66. The first-order valence-corrected chi connectivity index (χ1v) is 10.6. The zero-order chi connectivity index (χ0) is 13.9. The van der Waals surface area contributed by atoms with Crippen LogP contribution in [0.1, 0.15) is 0 Å². The van der Waals surface area contributed by atoms with Crippen molar-refractivity contribution in [3.63, 3.8) is 0 Å². The average molecular weight is 509 g/mol. The third-order valence-corrected chi connectivity index (χ3v) is 10.3. The number of fused-ring (bicyclic) bond motifs is 2. The Morgan fingerprint density at radius 3 is 2.30 bits per heavy atom. The van der Waals surface area contributed by atoms with Crippen LogP contribution in [-0.2, 0) is 0 Å². The summed E-state index contributed by atoms with van der Waals surface area (Å²) in [5, 5.41) is 3.44. The number of thiophene rings is 3. The Morgan fingerprint density at radius 1 is 0.800 bits per heavy atom. The third-order valence-electron chi connectivity index (χ3n) is 3.05. The molecule has 4 aromatic rings. The zero-order valence-electron chi connectivity index (χ0n) is 9.75. The second-order valence-electron chi connectivity index (χ2n) is 4.23. The summed E-state index contributed by atoms with van der Waals surface area (Å²) in [5.41, 5.74) is 0. The highest BCUT2D eigenvalue weighted by Gasteiger charge is 2.20. The number of rotatable bonds is 1. The van der Waals surface area contributed by atoms with Crippen LogP contribution in [0.2, 0.25) is 0 Å². The van der Waals surface area contributed by atoms with Crippen molar-refractivity contribution in [1.29, 1.82) is 0 Å². The van der Waals surface area contributed by atoms with Crippen LogP contribution in [0.25, 0.3) is 29.2 Å². The van der Waals surface area contributed by atoms with E-state index in [0.29, 0.717) is 0 Å². The van der Waals surface area contributed by atoms with Gasteiger partial charge in [0.2, 0.25) is 0 Å². The lowest BCUT2D eigenvalue weighted by molar-refractivity contribution is 1.82. The average Bonchev–Trinajstić information content (AvgIpc) is 3.07. The molecule has 0 atom stereocenters. The second kappa shape index (κ2) is 5.18. The fraction of sp³-hybridized carbons (Fsp3) is 0. The first-order valence-electron chi connectivity index (χ1n) is 5.69. The van der Waals surface area contributed by atoms with Crippen LogP contribution in [-0.4, -0.2) is 0 Å². The number of halogens is 3. The van der Waals surface area contributed by atoms with E-state index in [1.807, 2.05) is 22.7 Å². The number of hydrogen-bond donors (Lipinski definition) is 0. The zero-order valence-corrected chi connectivity index (χ0v) is 17.0. The molecule has 4 rings (SSSR count). The molecule has 0 spiro atoms. The summed E-state index contributed by atoms with van der Waals surface area (Å²) in [6.07, 6.45) is 0. The van der Waals surface area contributed by atoms with Crippen molar-refractivity contribution >= 4 is 101 Å². The Kier molecular flexibility index (Phi) is 3.60. The topological polar surface area (TPSA) is 0 Å². The highest BCUT2D eigenvalue weighted by Crippen LogP contribution is 2.52. The lowest BCUT2D eigenvalue weighted by Gasteiger charge is -1.95. The van der Waals surface area contributed by atoms with Gasteiger partial charge in [0.05, 0.1) is 23.6 Å². The molecule has 1 aromatic carbocycles. The lowest BCUT2D eigenvalue weighted by atomic mass is 10.2. The van der Waals surface area contributed by atoms with Crippen molar-refractivity contribution < 1.29 is 0 Å². The van der Waals surface area contributed by atoms with E-state index in [9.17, 15) is 0 Å². The minimum atomic E-state index is 1.19. The molecular formula is C14H5Br3S3. The van der Waals surface area contributed by atoms with Crippen LogP contribution in [0.4, 0.5) is 0 Å². The molecule has 0 saturated heterocycles. The maximum Gasteiger partial charge on any atom is 0.0618 e. The molecule has 0 saturated carbocycles. The molecule has 0 unspecified atom stereocenters. The van der Waals surface area contributed by atoms with Crippen LogP contribution in [0.5, 0.6) is 0 Å². The highest BCUT2D eigenvalue weighted by molar-refractivity contribution is 9.11. The van der Waals surface area contributed by atoms with Gasteiger partial charge in [-0.1, -0.05) is 18.2 Å². The van der Waals surface area contributed by atoms with Gasteiger partial charge in [-0.05, 0) is 53.9 Å². The van der Waals surface area contributed by atoms with Crippen molar-refractivity contribution in [3.05, 3.63) is 43.1 Å². The van der Waals surface area contributed by atoms with E-state index in [0.717, 1.165) is 0 Å². The van der Waals surface area contributed by atoms with E-state index >= 15 is 0 Å². The fourth-order valence-electron chi connectivity index (χ4n) is 2.13. The molecule has 0 aliphatic rings. The first kappa shape index (κ1) is 13.9. The summed E-state index contributed by atoms with van der Waals surface area (Å²) in [5.74, 6) is 0. The molecule has 3 heterocycles. The van der Waals surface area contributed by atoms with Gasteiger partial charge in [-0.3, -0.25) is 0 Å². The Morgan fingerprint density at radius 2 is 1.55 bits per heavy atom. The van der Waals surface area contributed by atoms with Gasteiger partial charge >= 0.3 is 0 Å². The van der Waals surface area contributed by atoms with Gasteiger partial charge in [0.25, 0.3) is 0 Å². The van der Waals surface area contributed by atoms with Gasteiger partial charge in [0.15, 0.2) is 0 Å². The molecule has 100 valence electrons. The normalized spacial score (nSPS) is 11.8. The van der Waals surface area contributed by atoms with Crippen LogP contribution in [0.15, 0.2) is 43.1 Å². The van der Waals surface area contributed by atoms with Crippen molar-refractivity contribution in [2.45, 2.75) is 0 Å². The SMILES string of the molecule is Brc1c(-c2sc3c(Br)csc3c2Br)sc2ccccc12. The summed E-state index contributed by atoms with van der Waals surface area (Å²) < 4.78 is 7.55. The van der Waals surface area contributed by atoms with Crippen LogP contribution in [0, 0.1) is 0 Å². The van der Waals surface area contributed by atoms with E-state index in [1.165, 1.54) is 42.7 Å². The summed E-state index contributed by atoms with van der Waals surface area (Å²) >= 11 is 16.6. The molecule has 0 nitrogen and oxygen atoms in total. The molecule has 6 heteroatoms. The minimum absolute atomic E-state index is 1.19. The number of hydrogen-bond acceptors (Lipinski definition) is 3. The molecule has 20 heavy (non-hydrogen) atoms. The molecule has 0 bridgehead atoms. The number of benzene rings is 1. The van der Waals surface area contributed by atoms with Crippen LogP contribution >= 0.6 is 81.8 Å². The van der Waals surface area contributed by atoms with E-state index in [4.69, 9.17) is 0 Å². The molecule has 0 aliphatic heterocycles. The van der Waals surface area contributed by atoms with Gasteiger partial charge in [0.1, 0.15) is 0 Å². The summed E-state index contributed by atoms with van der Waals surface area (Å²) in [4.78, 5) is 2.61. The van der Waals surface area contributed by atoms with E-state index in [2.05, 4.69) is 77.4 Å². The smallest absolute Gasteiger partial charge is 0.0618 e. The predicted molar refractivity (Wildman–Crippen MR) is 104 cm³/mol. The fourth-order valence-corrected chi connectivity index (χ4v) is 8.62. The van der Waals surface area contributed by atoms with Gasteiger partial charge in [-0.15, -0.1) is 34.0 Å². The Bertz CT molecular complexity index is 945. The highest BCUT2D eigenvalue weighted by atomic mass is 79.9. The molecule has 0 amide bonds. The molecule has 0 N–H and O–H groups in total. The third kappa shape index (κ3) is 2.00. The van der Waals surface area contributed by atoms with E-state index in [1.54, 1.807) is 11.3 Å². The van der Waals surface area contributed by atoms with Crippen LogP contribution in [0.3, 0.4) is 0 Å². The van der Waals surface area contributed by atoms with Gasteiger partial charge in [0, 0.05) is 24.4 Å². The van der Waals surface area contributed by atoms with Crippen LogP contribution < -0.4 is 0 Å². The van der Waals surface area contributed by atoms with Gasteiger partial charge < -0.3 is 0 Å². The van der Waals surface area contributed by atoms with E-state index in [-0.39, 0.29) is 0 Å². The standard InChI is InChI=1S/C14H5Br3S3/c15-7-5-18-12-10(17)14(20-11(7)12)13-9(16)6-3-1-2-4-8(6)19-13/h1-5H. The van der Waals surface area contributed by atoms with Gasteiger partial charge in [-0.2, -0.15) is 0 Å². The lowest BCUT2D eigenvalue weighted by Crippen LogP contribution is -1.67. The molecule has 3 aromatic heterocycles.